The Morgan fingerprint density at radius 1 is 0.943 bits per heavy atom. The van der Waals surface area contributed by atoms with Gasteiger partial charge in [-0.25, -0.2) is 0 Å². The Morgan fingerprint density at radius 2 is 1.57 bits per heavy atom. The molecule has 35 heavy (non-hydrogen) atoms. The maximum absolute atomic E-state index is 10.8. The van der Waals surface area contributed by atoms with Gasteiger partial charge < -0.3 is 19.3 Å². The van der Waals surface area contributed by atoms with E-state index in [9.17, 15) is 5.11 Å². The molecule has 4 heteroatoms. The molecule has 4 rings (SSSR count). The molecular weight excluding hydrogens is 436 g/mol. The predicted octanol–water partition coefficient (Wildman–Crippen LogP) is 6.80. The molecule has 1 aliphatic carbocycles. The minimum absolute atomic E-state index is 0.0190. The van der Waals surface area contributed by atoms with E-state index in [1.807, 2.05) is 38.1 Å². The Hall–Kier alpha value is -1.72. The molecule has 0 radical (unpaired) electrons. The van der Waals surface area contributed by atoms with Crippen LogP contribution < -0.4 is 0 Å². The Bertz CT molecular complexity index is 811. The summed E-state index contributed by atoms with van der Waals surface area (Å²) in [5, 5.41) is 10.8. The van der Waals surface area contributed by atoms with Gasteiger partial charge in [-0.3, -0.25) is 0 Å². The van der Waals surface area contributed by atoms with E-state index in [0.717, 1.165) is 18.8 Å². The minimum atomic E-state index is -0.334. The summed E-state index contributed by atoms with van der Waals surface area (Å²) in [6.07, 6.45) is 4.73. The molecule has 0 amide bonds. The van der Waals surface area contributed by atoms with Crippen molar-refractivity contribution in [1.82, 2.24) is 0 Å². The molecule has 2 fully saturated rings. The van der Waals surface area contributed by atoms with Crippen LogP contribution in [-0.2, 0) is 27.4 Å². The third kappa shape index (κ3) is 8.71. The van der Waals surface area contributed by atoms with Crippen molar-refractivity contribution in [2.45, 2.75) is 97.4 Å². The highest BCUT2D eigenvalue weighted by molar-refractivity contribution is 5.14. The highest BCUT2D eigenvalue weighted by Crippen LogP contribution is 2.47. The Labute approximate surface area is 213 Å². The molecule has 1 aliphatic heterocycles. The summed E-state index contributed by atoms with van der Waals surface area (Å²) in [5.41, 5.74) is 2.39. The molecule has 1 saturated carbocycles. The molecule has 7 atom stereocenters. The lowest BCUT2D eigenvalue weighted by atomic mass is 9.87. The van der Waals surface area contributed by atoms with E-state index in [1.165, 1.54) is 24.0 Å². The molecule has 0 bridgehead atoms. The fraction of sp³-hybridized carbons (Fsp3) is 0.613. The quantitative estimate of drug-likeness (QED) is 0.338. The first-order valence-corrected chi connectivity index (χ1v) is 13.7. The highest BCUT2D eigenvalue weighted by atomic mass is 16.5. The van der Waals surface area contributed by atoms with E-state index in [1.54, 1.807) is 0 Å². The molecule has 1 saturated heterocycles. The molecule has 1 heterocycles. The number of aliphatic hydroxyl groups excluding tert-OH is 1. The number of ether oxygens (including phenoxy) is 3. The van der Waals surface area contributed by atoms with Crippen molar-refractivity contribution in [2.75, 3.05) is 6.61 Å². The van der Waals surface area contributed by atoms with E-state index in [4.69, 9.17) is 14.2 Å². The molecular formula is C31H46O4. The molecule has 2 aliphatic rings. The summed E-state index contributed by atoms with van der Waals surface area (Å²) < 4.78 is 18.9. The van der Waals surface area contributed by atoms with E-state index < -0.39 is 0 Å². The fourth-order valence-corrected chi connectivity index (χ4v) is 5.20. The zero-order valence-corrected chi connectivity index (χ0v) is 22.1. The van der Waals surface area contributed by atoms with Gasteiger partial charge in [-0.05, 0) is 42.2 Å². The van der Waals surface area contributed by atoms with Crippen molar-refractivity contribution < 1.29 is 19.3 Å². The van der Waals surface area contributed by atoms with Crippen molar-refractivity contribution in [1.29, 1.82) is 0 Å². The summed E-state index contributed by atoms with van der Waals surface area (Å²) in [5.74, 6) is 1.50. The first kappa shape index (κ1) is 27.9. The van der Waals surface area contributed by atoms with Gasteiger partial charge in [0.05, 0.1) is 37.6 Å². The predicted molar refractivity (Wildman–Crippen MR) is 142 cm³/mol. The van der Waals surface area contributed by atoms with Gasteiger partial charge in [0.2, 0.25) is 0 Å². The summed E-state index contributed by atoms with van der Waals surface area (Å²) >= 11 is 0. The van der Waals surface area contributed by atoms with Crippen LogP contribution in [0.25, 0.3) is 0 Å². The number of benzene rings is 2. The normalized spacial score (nSPS) is 28.6. The average Bonchev–Trinajstić information content (AvgIpc) is 3.69. The van der Waals surface area contributed by atoms with Gasteiger partial charge >= 0.3 is 0 Å². The van der Waals surface area contributed by atoms with Crippen molar-refractivity contribution in [3.63, 3.8) is 0 Å². The van der Waals surface area contributed by atoms with Gasteiger partial charge in [0, 0.05) is 18.9 Å². The molecule has 4 nitrogen and oxygen atoms in total. The van der Waals surface area contributed by atoms with Gasteiger partial charge in [-0.15, -0.1) is 0 Å². The second-order valence-corrected chi connectivity index (χ2v) is 9.92. The highest BCUT2D eigenvalue weighted by Gasteiger charge is 2.44. The van der Waals surface area contributed by atoms with Crippen molar-refractivity contribution in [2.24, 2.45) is 17.8 Å². The molecule has 2 aromatic rings. The molecule has 0 aromatic heterocycles. The van der Waals surface area contributed by atoms with Crippen LogP contribution in [0.3, 0.4) is 0 Å². The van der Waals surface area contributed by atoms with Crippen LogP contribution in [0.5, 0.6) is 0 Å². The van der Waals surface area contributed by atoms with Gasteiger partial charge in [0.15, 0.2) is 0 Å². The first-order chi connectivity index (χ1) is 17.1. The van der Waals surface area contributed by atoms with Crippen molar-refractivity contribution in [3.8, 4) is 0 Å². The zero-order chi connectivity index (χ0) is 25.0. The number of hydrogen-bond acceptors (Lipinski definition) is 4. The van der Waals surface area contributed by atoms with Crippen LogP contribution >= 0.6 is 0 Å². The summed E-state index contributed by atoms with van der Waals surface area (Å²) in [7, 11) is 0. The van der Waals surface area contributed by atoms with Gasteiger partial charge in [0.1, 0.15) is 0 Å². The second-order valence-electron chi connectivity index (χ2n) is 9.92. The lowest BCUT2D eigenvalue weighted by molar-refractivity contribution is -0.152. The molecule has 194 valence electrons. The summed E-state index contributed by atoms with van der Waals surface area (Å²) in [6, 6.07) is 20.6. The molecule has 1 N–H and O–H groups in total. The van der Waals surface area contributed by atoms with Gasteiger partial charge in [-0.2, -0.15) is 0 Å². The minimum Gasteiger partial charge on any atom is -0.393 e. The Morgan fingerprint density at radius 3 is 2.17 bits per heavy atom. The molecule has 2 aromatic carbocycles. The largest absolute Gasteiger partial charge is 0.393 e. The molecule has 7 unspecified atom stereocenters. The van der Waals surface area contributed by atoms with Crippen molar-refractivity contribution >= 4 is 0 Å². The monoisotopic (exact) mass is 482 g/mol. The lowest BCUT2D eigenvalue weighted by Gasteiger charge is -2.39. The third-order valence-corrected chi connectivity index (χ3v) is 7.50. The number of aliphatic hydroxyl groups is 1. The van der Waals surface area contributed by atoms with E-state index in [-0.39, 0.29) is 30.3 Å². The van der Waals surface area contributed by atoms with E-state index in [0.29, 0.717) is 32.2 Å². The van der Waals surface area contributed by atoms with Crippen LogP contribution in [0.15, 0.2) is 60.7 Å². The van der Waals surface area contributed by atoms with Crippen LogP contribution in [0.1, 0.15) is 70.9 Å². The van der Waals surface area contributed by atoms with E-state index >= 15 is 0 Å². The Kier molecular flexibility index (Phi) is 11.7. The second kappa shape index (κ2) is 14.7. The SMILES string of the molecule is CC.CCC1CC1C(CC1CC(O)C(C)C(CCOCc2ccccc2)O1)OCc1ccccc1. The zero-order valence-electron chi connectivity index (χ0n) is 22.1. The number of rotatable bonds is 12. The maximum atomic E-state index is 10.8. The molecule has 0 spiro atoms. The smallest absolute Gasteiger partial charge is 0.0720 e. The van der Waals surface area contributed by atoms with E-state index in [2.05, 4.69) is 50.2 Å². The first-order valence-electron chi connectivity index (χ1n) is 13.7. The van der Waals surface area contributed by atoms with Gasteiger partial charge in [-0.1, -0.05) is 94.8 Å². The number of hydrogen-bond donors (Lipinski definition) is 1. The van der Waals surface area contributed by atoms with Crippen LogP contribution in [0.2, 0.25) is 0 Å². The maximum Gasteiger partial charge on any atom is 0.0720 e. The van der Waals surface area contributed by atoms with Crippen LogP contribution in [0.4, 0.5) is 0 Å². The third-order valence-electron chi connectivity index (χ3n) is 7.50. The average molecular weight is 483 g/mol. The topological polar surface area (TPSA) is 47.9 Å². The van der Waals surface area contributed by atoms with Gasteiger partial charge in [0.25, 0.3) is 0 Å². The summed E-state index contributed by atoms with van der Waals surface area (Å²) in [4.78, 5) is 0. The lowest BCUT2D eigenvalue weighted by Crippen LogP contribution is -2.44. The van der Waals surface area contributed by atoms with Crippen molar-refractivity contribution in [3.05, 3.63) is 71.8 Å². The summed E-state index contributed by atoms with van der Waals surface area (Å²) in [6.45, 7) is 10.3. The van der Waals surface area contributed by atoms with Crippen LogP contribution in [-0.4, -0.2) is 36.1 Å². The standard InChI is InChI=1S/C29H40O4.C2H6/c1-3-24-16-26(24)29(32-20-23-12-8-5-9-13-23)18-25-17-27(30)21(2)28(33-25)14-15-31-19-22-10-6-4-7-11-22;1-2/h4-13,21,24-30H,3,14-20H2,1-2H3;1-2H3. The fourth-order valence-electron chi connectivity index (χ4n) is 5.20. The Balaban J connectivity index is 0.00000167. The van der Waals surface area contributed by atoms with Crippen LogP contribution in [0, 0.1) is 17.8 Å².